The van der Waals surface area contributed by atoms with Gasteiger partial charge in [-0.15, -0.1) is 0 Å². The molecule has 3 aromatic rings. The highest BCUT2D eigenvalue weighted by Gasteiger charge is 2.12. The topological polar surface area (TPSA) is 64.5 Å². The molecule has 3 rings (SSSR count). The van der Waals surface area contributed by atoms with Gasteiger partial charge in [-0.1, -0.05) is 6.07 Å². The molecule has 0 saturated heterocycles. The van der Waals surface area contributed by atoms with Gasteiger partial charge in [0.05, 0.1) is 6.10 Å². The van der Waals surface area contributed by atoms with Gasteiger partial charge < -0.3 is 14.6 Å². The molecule has 2 aromatic heterocycles. The van der Waals surface area contributed by atoms with Crippen LogP contribution in [0.5, 0.6) is 5.88 Å². The van der Waals surface area contributed by atoms with E-state index in [1.807, 2.05) is 26.0 Å². The van der Waals surface area contributed by atoms with Gasteiger partial charge in [-0.3, -0.25) is 4.98 Å². The normalized spacial score (nSPS) is 12.0. The molecule has 0 fully saturated rings. The number of aryl methyl sites for hydroxylation is 1. The molecule has 0 saturated carbocycles. The second-order valence-electron chi connectivity index (χ2n) is 6.68. The van der Waals surface area contributed by atoms with Crippen LogP contribution >= 0.6 is 0 Å². The number of nitrogens with zero attached hydrogens (tertiary/aromatic N) is 2. The number of aromatic nitrogens is 2. The number of pyridine rings is 2. The van der Waals surface area contributed by atoms with Gasteiger partial charge in [-0.2, -0.15) is 0 Å². The smallest absolute Gasteiger partial charge is 0.213 e. The second-order valence-corrected chi connectivity index (χ2v) is 6.68. The Morgan fingerprint density at radius 3 is 2.66 bits per heavy atom. The van der Waals surface area contributed by atoms with Crippen LogP contribution in [0, 0.1) is 12.7 Å². The summed E-state index contributed by atoms with van der Waals surface area (Å²) in [5.41, 5.74) is 3.96. The van der Waals surface area contributed by atoms with E-state index in [1.165, 1.54) is 6.07 Å². The van der Waals surface area contributed by atoms with E-state index in [2.05, 4.69) is 9.97 Å². The number of rotatable bonds is 9. The Morgan fingerprint density at radius 1 is 1.10 bits per heavy atom. The molecule has 0 aliphatic rings. The molecular weight excluding hydrogens is 371 g/mol. The fourth-order valence-corrected chi connectivity index (χ4v) is 3.10. The molecule has 0 amide bonds. The molecule has 0 bridgehead atoms. The Bertz CT molecular complexity index is 926. The predicted molar refractivity (Wildman–Crippen MR) is 109 cm³/mol. The maximum Gasteiger partial charge on any atom is 0.213 e. The highest BCUT2D eigenvalue weighted by molar-refractivity contribution is 5.67. The summed E-state index contributed by atoms with van der Waals surface area (Å²) >= 11 is 0. The maximum atomic E-state index is 14.3. The predicted octanol–water partition coefficient (Wildman–Crippen LogP) is 4.63. The molecule has 1 N–H and O–H groups in total. The average molecular weight is 396 g/mol. The molecule has 6 heteroatoms. The first-order valence-electron chi connectivity index (χ1n) is 9.63. The van der Waals surface area contributed by atoms with E-state index >= 15 is 0 Å². The van der Waals surface area contributed by atoms with Crippen LogP contribution in [0.4, 0.5) is 4.39 Å². The first-order chi connectivity index (χ1) is 14.1. The molecule has 152 valence electrons. The number of halogens is 1. The summed E-state index contributed by atoms with van der Waals surface area (Å²) < 4.78 is 25.7. The molecule has 0 aliphatic heterocycles. The fourth-order valence-electron chi connectivity index (χ4n) is 3.10. The van der Waals surface area contributed by atoms with E-state index in [1.54, 1.807) is 36.8 Å². The third-order valence-electron chi connectivity index (χ3n) is 4.64. The Balaban J connectivity index is 1.70. The third-order valence-corrected chi connectivity index (χ3v) is 4.64. The van der Waals surface area contributed by atoms with Crippen LogP contribution in [0.3, 0.4) is 0 Å². The summed E-state index contributed by atoms with van der Waals surface area (Å²) in [4.78, 5) is 8.42. The molecule has 1 atom stereocenters. The van der Waals surface area contributed by atoms with Gasteiger partial charge in [0.2, 0.25) is 5.88 Å². The zero-order valence-corrected chi connectivity index (χ0v) is 16.6. The van der Waals surface area contributed by atoms with Crippen molar-refractivity contribution in [3.05, 3.63) is 77.5 Å². The monoisotopic (exact) mass is 396 g/mol. The Hall–Kier alpha value is -2.83. The van der Waals surface area contributed by atoms with Crippen LogP contribution in [0.25, 0.3) is 11.1 Å². The van der Waals surface area contributed by atoms with Crippen molar-refractivity contribution in [3.8, 4) is 17.0 Å². The summed E-state index contributed by atoms with van der Waals surface area (Å²) in [6, 6.07) is 10.4. The Morgan fingerprint density at radius 2 is 1.97 bits per heavy atom. The average Bonchev–Trinajstić information content (AvgIpc) is 2.74. The second kappa shape index (κ2) is 10.1. The van der Waals surface area contributed by atoms with Gasteiger partial charge >= 0.3 is 0 Å². The lowest BCUT2D eigenvalue weighted by Gasteiger charge is -2.16. The lowest BCUT2D eigenvalue weighted by atomic mass is 10.0. The van der Waals surface area contributed by atoms with Crippen LogP contribution in [0.1, 0.15) is 36.1 Å². The largest absolute Gasteiger partial charge is 0.473 e. The van der Waals surface area contributed by atoms with E-state index in [0.717, 1.165) is 22.3 Å². The highest BCUT2D eigenvalue weighted by atomic mass is 19.1. The minimum atomic E-state index is -0.293. The van der Waals surface area contributed by atoms with Crippen molar-refractivity contribution >= 4 is 0 Å². The Kier molecular flexibility index (Phi) is 7.27. The zero-order valence-electron chi connectivity index (χ0n) is 16.6. The summed E-state index contributed by atoms with van der Waals surface area (Å²) in [5.74, 6) is 0.176. The van der Waals surface area contributed by atoms with Crippen LogP contribution in [-0.4, -0.2) is 28.3 Å². The summed E-state index contributed by atoms with van der Waals surface area (Å²) in [7, 11) is 0. The number of aliphatic hydroxyl groups excluding tert-OH is 1. The number of benzene rings is 1. The van der Waals surface area contributed by atoms with E-state index in [0.29, 0.717) is 24.5 Å². The standard InChI is InChI=1S/C23H25FN2O3/c1-3-28-22(9-11-27)18-5-7-23(26-13-18)29-15-17-4-6-21(24)19(12-17)20-14-25-10-8-16(20)2/h4-8,10,12-14,22,27H,3,9,11,15H2,1-2H3/t22-/m0/s1. The molecule has 0 unspecified atom stereocenters. The van der Waals surface area contributed by atoms with Gasteiger partial charge in [-0.25, -0.2) is 9.37 Å². The van der Waals surface area contributed by atoms with Crippen molar-refractivity contribution in [3.63, 3.8) is 0 Å². The summed E-state index contributed by atoms with van der Waals surface area (Å²) in [5, 5.41) is 9.18. The van der Waals surface area contributed by atoms with Gasteiger partial charge in [-0.05, 0) is 54.8 Å². The molecule has 0 spiro atoms. The molecule has 0 radical (unpaired) electrons. The first kappa shape index (κ1) is 20.9. The maximum absolute atomic E-state index is 14.3. The molecule has 5 nitrogen and oxygen atoms in total. The first-order valence-corrected chi connectivity index (χ1v) is 9.63. The quantitative estimate of drug-likeness (QED) is 0.571. The van der Waals surface area contributed by atoms with E-state index in [4.69, 9.17) is 9.47 Å². The minimum absolute atomic E-state index is 0.0478. The van der Waals surface area contributed by atoms with Crippen LogP contribution < -0.4 is 4.74 Å². The Labute approximate surface area is 170 Å². The lowest BCUT2D eigenvalue weighted by Crippen LogP contribution is -2.07. The summed E-state index contributed by atoms with van der Waals surface area (Å²) in [6.45, 7) is 4.72. The van der Waals surface area contributed by atoms with Crippen LogP contribution in [0.15, 0.2) is 55.0 Å². The minimum Gasteiger partial charge on any atom is -0.473 e. The number of hydrogen-bond acceptors (Lipinski definition) is 5. The fraction of sp³-hybridized carbons (Fsp3) is 0.304. The van der Waals surface area contributed by atoms with Gasteiger partial charge in [0.1, 0.15) is 12.4 Å². The van der Waals surface area contributed by atoms with Gasteiger partial charge in [0.25, 0.3) is 0 Å². The lowest BCUT2D eigenvalue weighted by molar-refractivity contribution is 0.0429. The number of ether oxygens (including phenoxy) is 2. The molecule has 2 heterocycles. The SMILES string of the molecule is CCO[C@@H](CCO)c1ccc(OCc2ccc(F)c(-c3cnccc3C)c2)nc1. The van der Waals surface area contributed by atoms with Crippen LogP contribution in [-0.2, 0) is 11.3 Å². The molecule has 1 aromatic carbocycles. The number of hydrogen-bond donors (Lipinski definition) is 1. The molecular formula is C23H25FN2O3. The van der Waals surface area contributed by atoms with E-state index in [-0.39, 0.29) is 25.1 Å². The van der Waals surface area contributed by atoms with Crippen LogP contribution in [0.2, 0.25) is 0 Å². The highest BCUT2D eigenvalue weighted by Crippen LogP contribution is 2.27. The zero-order chi connectivity index (χ0) is 20.6. The van der Waals surface area contributed by atoms with Crippen molar-refractivity contribution in [1.82, 2.24) is 9.97 Å². The molecule has 0 aliphatic carbocycles. The van der Waals surface area contributed by atoms with Crippen molar-refractivity contribution in [2.75, 3.05) is 13.2 Å². The van der Waals surface area contributed by atoms with E-state index < -0.39 is 0 Å². The third kappa shape index (κ3) is 5.37. The molecule has 29 heavy (non-hydrogen) atoms. The number of aliphatic hydroxyl groups is 1. The van der Waals surface area contributed by atoms with Crippen molar-refractivity contribution < 1.29 is 19.0 Å². The van der Waals surface area contributed by atoms with Crippen molar-refractivity contribution in [2.45, 2.75) is 33.0 Å². The summed E-state index contributed by atoms with van der Waals surface area (Å²) in [6.07, 6.45) is 5.38. The van der Waals surface area contributed by atoms with E-state index in [9.17, 15) is 9.50 Å². The van der Waals surface area contributed by atoms with Crippen molar-refractivity contribution in [1.29, 1.82) is 0 Å². The van der Waals surface area contributed by atoms with Gasteiger partial charge in [0, 0.05) is 55.4 Å². The van der Waals surface area contributed by atoms with Gasteiger partial charge in [0.15, 0.2) is 0 Å². The van der Waals surface area contributed by atoms with Crippen molar-refractivity contribution in [2.24, 2.45) is 0 Å².